The van der Waals surface area contributed by atoms with Gasteiger partial charge in [0.15, 0.2) is 0 Å². The Morgan fingerprint density at radius 2 is 1.77 bits per heavy atom. The Balaban J connectivity index is 1.76. The van der Waals surface area contributed by atoms with Gasteiger partial charge in [0.1, 0.15) is 5.82 Å². The number of rotatable bonds is 9. The van der Waals surface area contributed by atoms with Crippen LogP contribution < -0.4 is 5.73 Å². The fourth-order valence-electron chi connectivity index (χ4n) is 3.91. The summed E-state index contributed by atoms with van der Waals surface area (Å²) in [6.07, 6.45) is 3.91. The molecular weight excluding hydrogens is 370 g/mol. The number of aromatic amines is 1. The van der Waals surface area contributed by atoms with Crippen LogP contribution in [0.25, 0.3) is 11.0 Å². The van der Waals surface area contributed by atoms with E-state index in [0.29, 0.717) is 6.54 Å². The lowest BCUT2D eigenvalue weighted by atomic mass is 10.0. The van der Waals surface area contributed by atoms with Gasteiger partial charge in [0.05, 0.1) is 22.8 Å². The maximum absolute atomic E-state index is 5.79. The van der Waals surface area contributed by atoms with E-state index in [9.17, 15) is 0 Å². The molecule has 0 radical (unpaired) electrons. The molecule has 4 rings (SSSR count). The summed E-state index contributed by atoms with van der Waals surface area (Å²) in [6.45, 7) is 4.51. The monoisotopic (exact) mass is 399 g/mol. The van der Waals surface area contributed by atoms with Crippen LogP contribution in [0.1, 0.15) is 41.5 Å². The van der Waals surface area contributed by atoms with Crippen molar-refractivity contribution in [1.82, 2.24) is 19.9 Å². The summed E-state index contributed by atoms with van der Waals surface area (Å²) in [5, 5.41) is 0. The van der Waals surface area contributed by atoms with Crippen molar-refractivity contribution >= 4 is 11.0 Å². The van der Waals surface area contributed by atoms with E-state index in [0.717, 1.165) is 48.5 Å². The number of imidazole rings is 1. The fraction of sp³-hybridized carbons (Fsp3) is 0.280. The van der Waals surface area contributed by atoms with Gasteiger partial charge in [-0.25, -0.2) is 4.98 Å². The second-order valence-electron chi connectivity index (χ2n) is 7.69. The smallest absolute Gasteiger partial charge is 0.129 e. The highest BCUT2D eigenvalue weighted by atomic mass is 15.2. The van der Waals surface area contributed by atoms with E-state index in [1.807, 2.05) is 24.4 Å². The summed E-state index contributed by atoms with van der Waals surface area (Å²) in [4.78, 5) is 15.7. The van der Waals surface area contributed by atoms with Crippen LogP contribution in [0.3, 0.4) is 0 Å². The topological polar surface area (TPSA) is 70.8 Å². The first-order valence-electron chi connectivity index (χ1n) is 10.6. The first kappa shape index (κ1) is 20.3. The normalized spacial score (nSPS) is 12.5. The Labute approximate surface area is 178 Å². The number of hydrogen-bond acceptors (Lipinski definition) is 4. The van der Waals surface area contributed by atoms with E-state index < -0.39 is 0 Å². The number of aromatic nitrogens is 3. The largest absolute Gasteiger partial charge is 0.340 e. The number of aryl methyl sites for hydroxylation is 1. The Hall–Kier alpha value is -3.02. The molecule has 1 unspecified atom stereocenters. The molecule has 0 saturated carbocycles. The minimum absolute atomic E-state index is 0.0118. The molecule has 154 valence electrons. The molecular formula is C25H29N5. The van der Waals surface area contributed by atoms with Crippen molar-refractivity contribution in [3.05, 3.63) is 95.6 Å². The number of nitrogens with two attached hydrogens (primary N) is 1. The third kappa shape index (κ3) is 4.58. The van der Waals surface area contributed by atoms with Gasteiger partial charge in [-0.1, -0.05) is 48.5 Å². The van der Waals surface area contributed by atoms with Crippen LogP contribution in [0.5, 0.6) is 0 Å². The quantitative estimate of drug-likeness (QED) is 0.404. The van der Waals surface area contributed by atoms with E-state index >= 15 is 0 Å². The average Bonchev–Trinajstić information content (AvgIpc) is 3.20. The number of H-pyrrole nitrogens is 1. The zero-order valence-electron chi connectivity index (χ0n) is 17.5. The van der Waals surface area contributed by atoms with Crippen LogP contribution in [0.2, 0.25) is 0 Å². The lowest BCUT2D eigenvalue weighted by molar-refractivity contribution is 0.203. The molecule has 30 heavy (non-hydrogen) atoms. The molecule has 2 aromatic heterocycles. The van der Waals surface area contributed by atoms with Crippen molar-refractivity contribution in [3.8, 4) is 0 Å². The number of para-hydroxylation sites is 2. The summed E-state index contributed by atoms with van der Waals surface area (Å²) in [5.74, 6) is 0.962. The van der Waals surface area contributed by atoms with Crippen LogP contribution in [-0.2, 0) is 6.54 Å². The number of unbranched alkanes of at least 4 members (excludes halogenated alkanes) is 1. The first-order chi connectivity index (χ1) is 14.8. The molecule has 0 fully saturated rings. The van der Waals surface area contributed by atoms with Crippen LogP contribution in [0.15, 0.2) is 72.9 Å². The molecule has 2 heterocycles. The lowest BCUT2D eigenvalue weighted by Crippen LogP contribution is -2.32. The van der Waals surface area contributed by atoms with Gasteiger partial charge in [0.25, 0.3) is 0 Å². The van der Waals surface area contributed by atoms with Gasteiger partial charge in [-0.05, 0) is 62.2 Å². The maximum atomic E-state index is 5.79. The van der Waals surface area contributed by atoms with Crippen molar-refractivity contribution in [2.24, 2.45) is 5.73 Å². The van der Waals surface area contributed by atoms with Crippen LogP contribution in [-0.4, -0.2) is 32.9 Å². The van der Waals surface area contributed by atoms with Crippen molar-refractivity contribution in [2.45, 2.75) is 32.4 Å². The molecule has 0 spiro atoms. The summed E-state index contributed by atoms with van der Waals surface area (Å²) in [6, 6.07) is 22.9. The highest BCUT2D eigenvalue weighted by molar-refractivity contribution is 5.75. The molecule has 5 nitrogen and oxygen atoms in total. The number of fused-ring (bicyclic) bond motifs is 1. The molecule has 0 bridgehead atoms. The van der Waals surface area contributed by atoms with Gasteiger partial charge in [-0.2, -0.15) is 0 Å². The van der Waals surface area contributed by atoms with Gasteiger partial charge in [0, 0.05) is 12.7 Å². The van der Waals surface area contributed by atoms with Crippen LogP contribution in [0, 0.1) is 6.92 Å². The Morgan fingerprint density at radius 3 is 2.53 bits per heavy atom. The van der Waals surface area contributed by atoms with Crippen LogP contribution >= 0.6 is 0 Å². The Morgan fingerprint density at radius 1 is 0.967 bits per heavy atom. The molecule has 2 aromatic carbocycles. The number of pyridine rings is 1. The molecule has 0 aliphatic heterocycles. The third-order valence-corrected chi connectivity index (χ3v) is 5.52. The Kier molecular flexibility index (Phi) is 6.52. The zero-order valence-corrected chi connectivity index (χ0v) is 17.5. The predicted molar refractivity (Wildman–Crippen MR) is 122 cm³/mol. The molecule has 5 heteroatoms. The summed E-state index contributed by atoms with van der Waals surface area (Å²) < 4.78 is 0. The SMILES string of the molecule is Cc1cccnc1CN(CCCCN)C(c1ccccc1)c1nc2ccccc2[nH]1. The summed E-state index contributed by atoms with van der Waals surface area (Å²) >= 11 is 0. The number of hydrogen-bond donors (Lipinski definition) is 2. The molecule has 0 aliphatic carbocycles. The minimum Gasteiger partial charge on any atom is -0.340 e. The van der Waals surface area contributed by atoms with Gasteiger partial charge < -0.3 is 10.7 Å². The summed E-state index contributed by atoms with van der Waals surface area (Å²) in [7, 11) is 0. The van der Waals surface area contributed by atoms with E-state index in [1.54, 1.807) is 0 Å². The first-order valence-corrected chi connectivity index (χ1v) is 10.6. The van der Waals surface area contributed by atoms with Crippen molar-refractivity contribution in [3.63, 3.8) is 0 Å². The van der Waals surface area contributed by atoms with E-state index in [-0.39, 0.29) is 6.04 Å². The van der Waals surface area contributed by atoms with Gasteiger partial charge in [-0.15, -0.1) is 0 Å². The fourth-order valence-corrected chi connectivity index (χ4v) is 3.91. The predicted octanol–water partition coefficient (Wildman–Crippen LogP) is 4.60. The van der Waals surface area contributed by atoms with Gasteiger partial charge in [-0.3, -0.25) is 9.88 Å². The Bertz CT molecular complexity index is 1040. The second-order valence-corrected chi connectivity index (χ2v) is 7.69. The molecule has 1 atom stereocenters. The van der Waals surface area contributed by atoms with E-state index in [2.05, 4.69) is 70.3 Å². The average molecular weight is 400 g/mol. The van der Waals surface area contributed by atoms with Crippen molar-refractivity contribution in [1.29, 1.82) is 0 Å². The molecule has 3 N–H and O–H groups in total. The highest BCUT2D eigenvalue weighted by Gasteiger charge is 2.26. The molecule has 0 amide bonds. The summed E-state index contributed by atoms with van der Waals surface area (Å²) in [5.41, 5.74) is 11.4. The maximum Gasteiger partial charge on any atom is 0.129 e. The van der Waals surface area contributed by atoms with Crippen molar-refractivity contribution in [2.75, 3.05) is 13.1 Å². The number of nitrogens with zero attached hydrogens (tertiary/aromatic N) is 3. The van der Waals surface area contributed by atoms with E-state index in [1.165, 1.54) is 11.1 Å². The van der Waals surface area contributed by atoms with E-state index in [4.69, 9.17) is 10.7 Å². The molecule has 0 saturated heterocycles. The zero-order chi connectivity index (χ0) is 20.8. The number of nitrogens with one attached hydrogen (secondary N) is 1. The lowest BCUT2D eigenvalue weighted by Gasteiger charge is -2.31. The van der Waals surface area contributed by atoms with Crippen molar-refractivity contribution < 1.29 is 0 Å². The third-order valence-electron chi connectivity index (χ3n) is 5.52. The number of benzene rings is 2. The standard InChI is InChI=1S/C25H29N5/c1-19-10-9-16-27-23(19)18-30(17-8-7-15-26)24(20-11-3-2-4-12-20)25-28-21-13-5-6-14-22(21)29-25/h2-6,9-14,16,24H,7-8,15,17-18,26H2,1H3,(H,28,29). The second kappa shape index (κ2) is 9.65. The minimum atomic E-state index is 0.0118. The highest BCUT2D eigenvalue weighted by Crippen LogP contribution is 2.30. The molecule has 4 aromatic rings. The van der Waals surface area contributed by atoms with Gasteiger partial charge in [0.2, 0.25) is 0 Å². The van der Waals surface area contributed by atoms with Crippen LogP contribution in [0.4, 0.5) is 0 Å². The molecule has 0 aliphatic rings. The van der Waals surface area contributed by atoms with Gasteiger partial charge >= 0.3 is 0 Å².